The van der Waals surface area contributed by atoms with Gasteiger partial charge < -0.3 is 10.0 Å². The van der Waals surface area contributed by atoms with Crippen molar-refractivity contribution in [3.05, 3.63) is 35.1 Å². The predicted octanol–water partition coefficient (Wildman–Crippen LogP) is 1.59. The molecule has 2 rings (SSSR count). The molecule has 17 heavy (non-hydrogen) atoms. The molecule has 1 heterocycles. The number of benzene rings is 1. The number of carbonyl (C=O) groups is 1. The molecule has 1 aromatic carbocycles. The molecule has 92 valence electrons. The van der Waals surface area contributed by atoms with Gasteiger partial charge in [-0.2, -0.15) is 0 Å². The Morgan fingerprint density at radius 2 is 2.35 bits per heavy atom. The van der Waals surface area contributed by atoms with Crippen molar-refractivity contribution in [3.63, 3.8) is 0 Å². The second kappa shape index (κ2) is 4.84. The van der Waals surface area contributed by atoms with Crippen LogP contribution in [0.3, 0.4) is 0 Å². The molecule has 0 spiro atoms. The first kappa shape index (κ1) is 12.0. The summed E-state index contributed by atoms with van der Waals surface area (Å²) in [5, 5.41) is 9.02. The molecule has 0 radical (unpaired) electrons. The summed E-state index contributed by atoms with van der Waals surface area (Å²) in [5.41, 5.74) is 0.609. The van der Waals surface area contributed by atoms with E-state index in [-0.39, 0.29) is 24.0 Å². The summed E-state index contributed by atoms with van der Waals surface area (Å²) in [6, 6.07) is 4.84. The Bertz CT molecular complexity index is 433. The van der Waals surface area contributed by atoms with Crippen molar-refractivity contribution in [3.8, 4) is 0 Å². The minimum atomic E-state index is -0.440. The second-order valence-electron chi connectivity index (χ2n) is 4.52. The summed E-state index contributed by atoms with van der Waals surface area (Å²) in [6.45, 7) is 2.84. The smallest absolute Gasteiger partial charge is 0.256 e. The highest BCUT2D eigenvalue weighted by Gasteiger charge is 2.27. The van der Waals surface area contributed by atoms with Gasteiger partial charge in [-0.25, -0.2) is 4.39 Å². The summed E-state index contributed by atoms with van der Waals surface area (Å²) in [5.74, 6) is -0.584. The number of aryl methyl sites for hydroxylation is 1. The van der Waals surface area contributed by atoms with Crippen molar-refractivity contribution in [2.75, 3.05) is 19.7 Å². The fraction of sp³-hybridized carbons (Fsp3) is 0.462. The van der Waals surface area contributed by atoms with Gasteiger partial charge in [0, 0.05) is 25.6 Å². The van der Waals surface area contributed by atoms with Gasteiger partial charge >= 0.3 is 0 Å². The Hall–Kier alpha value is -1.42. The lowest BCUT2D eigenvalue weighted by atomic mass is 10.1. The van der Waals surface area contributed by atoms with E-state index < -0.39 is 5.82 Å². The Balaban J connectivity index is 2.18. The van der Waals surface area contributed by atoms with E-state index in [2.05, 4.69) is 0 Å². The normalized spacial score (nSPS) is 19.7. The van der Waals surface area contributed by atoms with E-state index in [9.17, 15) is 9.18 Å². The molecule has 1 atom stereocenters. The van der Waals surface area contributed by atoms with Gasteiger partial charge in [-0.15, -0.1) is 0 Å². The maximum Gasteiger partial charge on any atom is 0.256 e. The van der Waals surface area contributed by atoms with Crippen molar-refractivity contribution in [2.24, 2.45) is 5.92 Å². The molecule has 1 aliphatic rings. The Morgan fingerprint density at radius 3 is 3.00 bits per heavy atom. The lowest BCUT2D eigenvalue weighted by molar-refractivity contribution is 0.0777. The molecule has 0 bridgehead atoms. The van der Waals surface area contributed by atoms with Gasteiger partial charge in [-0.3, -0.25) is 4.79 Å². The molecular formula is C13H16FNO2. The van der Waals surface area contributed by atoms with Crippen LogP contribution in [-0.4, -0.2) is 35.6 Å². The zero-order chi connectivity index (χ0) is 12.4. The Kier molecular flexibility index (Phi) is 3.43. The fourth-order valence-electron chi connectivity index (χ4n) is 2.15. The number of aliphatic hydroxyl groups is 1. The van der Waals surface area contributed by atoms with Crippen LogP contribution < -0.4 is 0 Å². The van der Waals surface area contributed by atoms with Crippen LogP contribution in [0.5, 0.6) is 0 Å². The van der Waals surface area contributed by atoms with Crippen LogP contribution in [0.15, 0.2) is 18.2 Å². The molecule has 1 amide bonds. The van der Waals surface area contributed by atoms with Gasteiger partial charge in [0.25, 0.3) is 5.91 Å². The van der Waals surface area contributed by atoms with Crippen LogP contribution in [0, 0.1) is 18.7 Å². The van der Waals surface area contributed by atoms with Gasteiger partial charge in [-0.05, 0) is 25.0 Å². The van der Waals surface area contributed by atoms with E-state index in [0.29, 0.717) is 18.7 Å². The predicted molar refractivity (Wildman–Crippen MR) is 62.2 cm³/mol. The highest BCUT2D eigenvalue weighted by Crippen LogP contribution is 2.20. The number of likely N-dealkylation sites (tertiary alicyclic amines) is 1. The topological polar surface area (TPSA) is 40.5 Å². The third kappa shape index (κ3) is 2.31. The molecule has 4 heteroatoms. The molecule has 0 saturated carbocycles. The maximum absolute atomic E-state index is 13.8. The summed E-state index contributed by atoms with van der Waals surface area (Å²) < 4.78 is 13.8. The Labute approximate surface area is 99.9 Å². The third-order valence-electron chi connectivity index (χ3n) is 3.25. The van der Waals surface area contributed by atoms with Crippen molar-refractivity contribution in [1.29, 1.82) is 0 Å². The van der Waals surface area contributed by atoms with Crippen LogP contribution in [0.4, 0.5) is 4.39 Å². The second-order valence-corrected chi connectivity index (χ2v) is 4.52. The highest BCUT2D eigenvalue weighted by molar-refractivity contribution is 5.94. The van der Waals surface area contributed by atoms with E-state index in [1.807, 2.05) is 0 Å². The zero-order valence-corrected chi connectivity index (χ0v) is 9.82. The first-order valence-corrected chi connectivity index (χ1v) is 5.78. The van der Waals surface area contributed by atoms with Crippen LogP contribution in [0.25, 0.3) is 0 Å². The molecule has 1 saturated heterocycles. The van der Waals surface area contributed by atoms with E-state index in [4.69, 9.17) is 5.11 Å². The number of rotatable bonds is 2. The quantitative estimate of drug-likeness (QED) is 0.848. The van der Waals surface area contributed by atoms with E-state index >= 15 is 0 Å². The average Bonchev–Trinajstić information content (AvgIpc) is 2.80. The van der Waals surface area contributed by atoms with Gasteiger partial charge in [-0.1, -0.05) is 12.1 Å². The van der Waals surface area contributed by atoms with Crippen LogP contribution in [0.1, 0.15) is 22.3 Å². The van der Waals surface area contributed by atoms with Gasteiger partial charge in [0.15, 0.2) is 0 Å². The fourth-order valence-corrected chi connectivity index (χ4v) is 2.15. The van der Waals surface area contributed by atoms with Crippen LogP contribution in [0.2, 0.25) is 0 Å². The average molecular weight is 237 g/mol. The monoisotopic (exact) mass is 237 g/mol. The van der Waals surface area contributed by atoms with E-state index in [0.717, 1.165) is 6.42 Å². The SMILES string of the molecule is Cc1cccc(C(=O)N2CCC(CO)C2)c1F. The largest absolute Gasteiger partial charge is 0.396 e. The number of aliphatic hydroxyl groups excluding tert-OH is 1. The van der Waals surface area contributed by atoms with Crippen LogP contribution in [-0.2, 0) is 0 Å². The molecule has 0 aromatic heterocycles. The standard InChI is InChI=1S/C13H16FNO2/c1-9-3-2-4-11(12(9)14)13(17)15-6-5-10(7-15)8-16/h2-4,10,16H,5-8H2,1H3. The minimum absolute atomic E-state index is 0.0834. The lowest BCUT2D eigenvalue weighted by Crippen LogP contribution is -2.30. The van der Waals surface area contributed by atoms with Crippen molar-refractivity contribution in [1.82, 2.24) is 4.90 Å². The maximum atomic E-state index is 13.8. The summed E-state index contributed by atoms with van der Waals surface area (Å²) in [6.07, 6.45) is 0.787. The van der Waals surface area contributed by atoms with E-state index in [1.165, 1.54) is 6.07 Å². The molecule has 1 aliphatic heterocycles. The number of nitrogens with zero attached hydrogens (tertiary/aromatic N) is 1. The van der Waals surface area contributed by atoms with Gasteiger partial charge in [0.1, 0.15) is 5.82 Å². The molecule has 1 aromatic rings. The van der Waals surface area contributed by atoms with Crippen LogP contribution >= 0.6 is 0 Å². The lowest BCUT2D eigenvalue weighted by Gasteiger charge is -2.17. The van der Waals surface area contributed by atoms with Gasteiger partial charge in [0.2, 0.25) is 0 Å². The zero-order valence-electron chi connectivity index (χ0n) is 9.82. The molecule has 3 nitrogen and oxygen atoms in total. The number of carbonyl (C=O) groups excluding carboxylic acids is 1. The first-order valence-electron chi connectivity index (χ1n) is 5.78. The third-order valence-corrected chi connectivity index (χ3v) is 3.25. The molecule has 1 fully saturated rings. The number of amides is 1. The highest BCUT2D eigenvalue weighted by atomic mass is 19.1. The van der Waals surface area contributed by atoms with Crippen molar-refractivity contribution >= 4 is 5.91 Å². The summed E-state index contributed by atoms with van der Waals surface area (Å²) >= 11 is 0. The summed E-state index contributed by atoms with van der Waals surface area (Å²) in [4.78, 5) is 13.7. The Morgan fingerprint density at radius 1 is 1.59 bits per heavy atom. The van der Waals surface area contributed by atoms with Crippen molar-refractivity contribution < 1.29 is 14.3 Å². The number of hydrogen-bond donors (Lipinski definition) is 1. The minimum Gasteiger partial charge on any atom is -0.396 e. The molecule has 1 unspecified atom stereocenters. The molecular weight excluding hydrogens is 221 g/mol. The molecule has 1 N–H and O–H groups in total. The van der Waals surface area contributed by atoms with Crippen molar-refractivity contribution in [2.45, 2.75) is 13.3 Å². The van der Waals surface area contributed by atoms with Gasteiger partial charge in [0.05, 0.1) is 5.56 Å². The number of hydrogen-bond acceptors (Lipinski definition) is 2. The number of halogens is 1. The summed E-state index contributed by atoms with van der Waals surface area (Å²) in [7, 11) is 0. The first-order chi connectivity index (χ1) is 8.13. The molecule has 0 aliphatic carbocycles. The van der Waals surface area contributed by atoms with E-state index in [1.54, 1.807) is 24.0 Å².